The van der Waals surface area contributed by atoms with Crippen LogP contribution in [0.2, 0.25) is 0 Å². The van der Waals surface area contributed by atoms with E-state index in [-0.39, 0.29) is 4.83 Å². The summed E-state index contributed by atoms with van der Waals surface area (Å²) in [4.78, 5) is -0.154. The first-order valence-corrected chi connectivity index (χ1v) is 5.70. The van der Waals surface area contributed by atoms with Gasteiger partial charge in [0.05, 0.1) is 11.1 Å². The third-order valence-corrected chi connectivity index (χ3v) is 3.06. The van der Waals surface area contributed by atoms with Crippen LogP contribution in [0.15, 0.2) is 41.0 Å². The second-order valence-corrected chi connectivity index (χ2v) is 4.51. The first-order chi connectivity index (χ1) is 7.68. The lowest BCUT2D eigenvalue weighted by atomic mass is 10.1. The molecule has 84 valence electrons. The molecule has 0 spiro atoms. The van der Waals surface area contributed by atoms with Crippen LogP contribution in [0.25, 0.3) is 0 Å². The molecule has 1 aromatic heterocycles. The van der Waals surface area contributed by atoms with Crippen molar-refractivity contribution >= 4 is 15.9 Å². The van der Waals surface area contributed by atoms with Crippen LogP contribution in [0.3, 0.4) is 0 Å². The van der Waals surface area contributed by atoms with Gasteiger partial charge in [-0.05, 0) is 30.2 Å². The zero-order chi connectivity index (χ0) is 11.5. The van der Waals surface area contributed by atoms with Crippen molar-refractivity contribution in [3.63, 3.8) is 0 Å². The Morgan fingerprint density at radius 3 is 2.69 bits per heavy atom. The van der Waals surface area contributed by atoms with Crippen molar-refractivity contribution in [2.24, 2.45) is 0 Å². The molecule has 16 heavy (non-hydrogen) atoms. The number of alkyl halides is 1. The molecule has 0 aliphatic heterocycles. The van der Waals surface area contributed by atoms with E-state index in [9.17, 15) is 8.78 Å². The quantitative estimate of drug-likeness (QED) is 0.770. The average molecular weight is 287 g/mol. The molecule has 0 saturated carbocycles. The zero-order valence-corrected chi connectivity index (χ0v) is 9.88. The monoisotopic (exact) mass is 286 g/mol. The van der Waals surface area contributed by atoms with Crippen molar-refractivity contribution in [3.05, 3.63) is 59.6 Å². The standard InChI is InChI=1S/C12H9BrF2O/c13-9(11-5-2-6-16-11)7-8-3-1-4-10(14)12(8)15/h1-6,9H,7H2. The molecular formula is C12H9BrF2O. The first kappa shape index (κ1) is 11.3. The molecular weight excluding hydrogens is 278 g/mol. The molecule has 0 aliphatic rings. The highest BCUT2D eigenvalue weighted by molar-refractivity contribution is 9.09. The Bertz CT molecular complexity index is 468. The lowest BCUT2D eigenvalue weighted by Crippen LogP contribution is -1.99. The molecule has 0 radical (unpaired) electrons. The Hall–Kier alpha value is -1.16. The van der Waals surface area contributed by atoms with Gasteiger partial charge in [0, 0.05) is 0 Å². The number of rotatable bonds is 3. The topological polar surface area (TPSA) is 13.1 Å². The van der Waals surface area contributed by atoms with Crippen LogP contribution in [0.4, 0.5) is 8.78 Å². The maximum Gasteiger partial charge on any atom is 0.162 e. The van der Waals surface area contributed by atoms with Gasteiger partial charge in [0.1, 0.15) is 5.76 Å². The van der Waals surface area contributed by atoms with Gasteiger partial charge in [0.15, 0.2) is 11.6 Å². The summed E-state index contributed by atoms with van der Waals surface area (Å²) in [6.45, 7) is 0. The molecule has 0 fully saturated rings. The fourth-order valence-corrected chi connectivity index (χ4v) is 2.08. The number of halogens is 3. The van der Waals surface area contributed by atoms with Gasteiger partial charge in [0.25, 0.3) is 0 Å². The van der Waals surface area contributed by atoms with E-state index in [1.165, 1.54) is 6.07 Å². The van der Waals surface area contributed by atoms with Crippen LogP contribution < -0.4 is 0 Å². The van der Waals surface area contributed by atoms with Crippen LogP contribution >= 0.6 is 15.9 Å². The second kappa shape index (κ2) is 4.78. The second-order valence-electron chi connectivity index (χ2n) is 3.40. The molecule has 1 heterocycles. The summed E-state index contributed by atoms with van der Waals surface area (Å²) in [7, 11) is 0. The van der Waals surface area contributed by atoms with Crippen molar-refractivity contribution in [2.75, 3.05) is 0 Å². The molecule has 1 aromatic carbocycles. The maximum absolute atomic E-state index is 13.4. The summed E-state index contributed by atoms with van der Waals surface area (Å²) < 4.78 is 31.5. The molecule has 1 nitrogen and oxygen atoms in total. The van der Waals surface area contributed by atoms with Crippen LogP contribution in [0.5, 0.6) is 0 Å². The molecule has 2 aromatic rings. The van der Waals surface area contributed by atoms with Gasteiger partial charge in [-0.15, -0.1) is 0 Å². The summed E-state index contributed by atoms with van der Waals surface area (Å²) in [6.07, 6.45) is 1.89. The van der Waals surface area contributed by atoms with E-state index in [1.54, 1.807) is 24.5 Å². The molecule has 0 aliphatic carbocycles. The van der Waals surface area contributed by atoms with Gasteiger partial charge >= 0.3 is 0 Å². The average Bonchev–Trinajstić information content (AvgIpc) is 2.78. The van der Waals surface area contributed by atoms with E-state index in [2.05, 4.69) is 15.9 Å². The number of furan rings is 1. The fraction of sp³-hybridized carbons (Fsp3) is 0.167. The Balaban J connectivity index is 2.18. The zero-order valence-electron chi connectivity index (χ0n) is 8.29. The van der Waals surface area contributed by atoms with E-state index in [0.29, 0.717) is 17.7 Å². The number of hydrogen-bond acceptors (Lipinski definition) is 1. The summed E-state index contributed by atoms with van der Waals surface area (Å²) >= 11 is 3.38. The molecule has 0 bridgehead atoms. The van der Waals surface area contributed by atoms with E-state index in [1.807, 2.05) is 0 Å². The SMILES string of the molecule is Fc1cccc(CC(Br)c2ccco2)c1F. The molecule has 4 heteroatoms. The molecule has 0 N–H and O–H groups in total. The lowest BCUT2D eigenvalue weighted by molar-refractivity contribution is 0.486. The van der Waals surface area contributed by atoms with Crippen molar-refractivity contribution < 1.29 is 13.2 Å². The van der Waals surface area contributed by atoms with Gasteiger partial charge < -0.3 is 4.42 Å². The lowest BCUT2D eigenvalue weighted by Gasteiger charge is -2.08. The van der Waals surface area contributed by atoms with Crippen molar-refractivity contribution in [2.45, 2.75) is 11.2 Å². The third kappa shape index (κ3) is 2.32. The van der Waals surface area contributed by atoms with E-state index in [4.69, 9.17) is 4.42 Å². The molecule has 2 rings (SSSR count). The summed E-state index contributed by atoms with van der Waals surface area (Å²) in [5, 5.41) is 0. The third-order valence-electron chi connectivity index (χ3n) is 2.28. The van der Waals surface area contributed by atoms with Gasteiger partial charge in [0.2, 0.25) is 0 Å². The highest BCUT2D eigenvalue weighted by atomic mass is 79.9. The molecule has 1 unspecified atom stereocenters. The number of benzene rings is 1. The van der Waals surface area contributed by atoms with Crippen LogP contribution in [-0.4, -0.2) is 0 Å². The van der Waals surface area contributed by atoms with Gasteiger partial charge in [-0.2, -0.15) is 0 Å². The fourth-order valence-electron chi connectivity index (χ4n) is 1.47. The van der Waals surface area contributed by atoms with Crippen molar-refractivity contribution in [1.82, 2.24) is 0 Å². The molecule has 0 amide bonds. The van der Waals surface area contributed by atoms with E-state index in [0.717, 1.165) is 6.07 Å². The Morgan fingerprint density at radius 1 is 1.19 bits per heavy atom. The van der Waals surface area contributed by atoms with Gasteiger partial charge in [-0.25, -0.2) is 8.78 Å². The van der Waals surface area contributed by atoms with Crippen LogP contribution in [0, 0.1) is 11.6 Å². The highest BCUT2D eigenvalue weighted by Gasteiger charge is 2.15. The summed E-state index contributed by atoms with van der Waals surface area (Å²) in [5.74, 6) is -0.918. The summed E-state index contributed by atoms with van der Waals surface area (Å²) in [6, 6.07) is 7.71. The first-order valence-electron chi connectivity index (χ1n) is 4.79. The van der Waals surface area contributed by atoms with Crippen LogP contribution in [-0.2, 0) is 6.42 Å². The smallest absolute Gasteiger partial charge is 0.162 e. The van der Waals surface area contributed by atoms with Crippen molar-refractivity contribution in [3.8, 4) is 0 Å². The minimum atomic E-state index is -0.823. The normalized spacial score (nSPS) is 12.7. The van der Waals surface area contributed by atoms with Gasteiger partial charge in [-0.1, -0.05) is 28.1 Å². The van der Waals surface area contributed by atoms with Crippen LogP contribution in [0.1, 0.15) is 16.2 Å². The summed E-state index contributed by atoms with van der Waals surface area (Å²) in [5.41, 5.74) is 0.332. The minimum absolute atomic E-state index is 0.154. The Morgan fingerprint density at radius 2 is 2.00 bits per heavy atom. The predicted molar refractivity (Wildman–Crippen MR) is 60.4 cm³/mol. The largest absolute Gasteiger partial charge is 0.468 e. The minimum Gasteiger partial charge on any atom is -0.468 e. The van der Waals surface area contributed by atoms with Crippen molar-refractivity contribution in [1.29, 1.82) is 0 Å². The molecule has 0 saturated heterocycles. The Kier molecular flexibility index (Phi) is 3.39. The van der Waals surface area contributed by atoms with E-state index >= 15 is 0 Å². The molecule has 1 atom stereocenters. The Labute approximate surface area is 100 Å². The van der Waals surface area contributed by atoms with Gasteiger partial charge in [-0.3, -0.25) is 0 Å². The highest BCUT2D eigenvalue weighted by Crippen LogP contribution is 2.28. The van der Waals surface area contributed by atoms with E-state index < -0.39 is 11.6 Å². The number of hydrogen-bond donors (Lipinski definition) is 0. The predicted octanol–water partition coefficient (Wildman–Crippen LogP) is 4.24. The maximum atomic E-state index is 13.4.